The van der Waals surface area contributed by atoms with Crippen LogP contribution in [0.2, 0.25) is 4.34 Å². The lowest BCUT2D eigenvalue weighted by molar-refractivity contribution is 0.0422. The average molecular weight is 315 g/mol. The highest BCUT2D eigenvalue weighted by Gasteiger charge is 2.30. The van der Waals surface area contributed by atoms with Gasteiger partial charge < -0.3 is 0 Å². The number of hydrogen-bond acceptors (Lipinski definition) is 4. The van der Waals surface area contributed by atoms with Gasteiger partial charge in [0.15, 0.2) is 5.78 Å². The highest BCUT2D eigenvalue weighted by atomic mass is 35.5. The smallest absolute Gasteiger partial charge is 0.189 e. The summed E-state index contributed by atoms with van der Waals surface area (Å²) in [6.45, 7) is 12.7. The van der Waals surface area contributed by atoms with Gasteiger partial charge in [0.05, 0.1) is 15.3 Å². The minimum atomic E-state index is -0.0631. The molecule has 2 rings (SSSR count). The van der Waals surface area contributed by atoms with E-state index < -0.39 is 0 Å². The van der Waals surface area contributed by atoms with Crippen molar-refractivity contribution in [3.05, 3.63) is 21.3 Å². The number of rotatable bonds is 3. The van der Waals surface area contributed by atoms with Gasteiger partial charge in [-0.15, -0.1) is 11.3 Å². The summed E-state index contributed by atoms with van der Waals surface area (Å²) < 4.78 is 0.679. The first-order valence-corrected chi connectivity index (χ1v) is 8.27. The Morgan fingerprint density at radius 1 is 1.25 bits per heavy atom. The molecule has 1 aromatic rings. The molecule has 1 unspecified atom stereocenters. The monoisotopic (exact) mass is 314 g/mol. The van der Waals surface area contributed by atoms with E-state index in [0.717, 1.165) is 31.1 Å². The number of hydrogen-bond donors (Lipinski definition) is 0. The van der Waals surface area contributed by atoms with E-state index in [1.54, 1.807) is 6.07 Å². The van der Waals surface area contributed by atoms with E-state index in [0.29, 0.717) is 4.34 Å². The molecule has 0 amide bonds. The standard InChI is InChI=1S/C15H23ClN2OS/c1-11(14(19)12-5-6-13(16)20-12)17-7-9-18(10-8-17)15(2,3)4/h5-6,11H,7-10H2,1-4H3. The molecule has 1 aromatic heterocycles. The van der Waals surface area contributed by atoms with Crippen LogP contribution in [0.3, 0.4) is 0 Å². The zero-order valence-corrected chi connectivity index (χ0v) is 14.2. The van der Waals surface area contributed by atoms with Crippen molar-refractivity contribution in [2.75, 3.05) is 26.2 Å². The van der Waals surface area contributed by atoms with E-state index in [2.05, 4.69) is 30.6 Å². The second-order valence-corrected chi connectivity index (χ2v) is 8.05. The SMILES string of the molecule is CC(C(=O)c1ccc(Cl)s1)N1CCN(C(C)(C)C)CC1. The molecule has 20 heavy (non-hydrogen) atoms. The van der Waals surface area contributed by atoms with Crippen molar-refractivity contribution in [1.29, 1.82) is 0 Å². The molecule has 0 N–H and O–H groups in total. The van der Waals surface area contributed by atoms with Crippen molar-refractivity contribution in [2.24, 2.45) is 0 Å². The zero-order valence-electron chi connectivity index (χ0n) is 12.6. The van der Waals surface area contributed by atoms with Crippen LogP contribution in [0.1, 0.15) is 37.4 Å². The first kappa shape index (κ1) is 16.0. The Morgan fingerprint density at radius 2 is 1.85 bits per heavy atom. The fourth-order valence-corrected chi connectivity index (χ4v) is 3.66. The number of carbonyl (C=O) groups excluding carboxylic acids is 1. The van der Waals surface area contributed by atoms with Crippen LogP contribution in [0, 0.1) is 0 Å². The molecular formula is C15H23ClN2OS. The number of carbonyl (C=O) groups is 1. The lowest BCUT2D eigenvalue weighted by Crippen LogP contribution is -2.56. The van der Waals surface area contributed by atoms with E-state index in [9.17, 15) is 4.79 Å². The molecule has 112 valence electrons. The van der Waals surface area contributed by atoms with Gasteiger partial charge in [-0.25, -0.2) is 0 Å². The van der Waals surface area contributed by atoms with Crippen LogP contribution in [0.25, 0.3) is 0 Å². The molecule has 1 fully saturated rings. The summed E-state index contributed by atoms with van der Waals surface area (Å²) in [7, 11) is 0. The molecule has 0 bridgehead atoms. The Bertz CT molecular complexity index is 472. The first-order valence-electron chi connectivity index (χ1n) is 7.07. The Kier molecular flexibility index (Phi) is 4.90. The average Bonchev–Trinajstić information content (AvgIpc) is 2.83. The predicted octanol–water partition coefficient (Wildman–Crippen LogP) is 3.39. The van der Waals surface area contributed by atoms with Crippen molar-refractivity contribution in [3.63, 3.8) is 0 Å². The van der Waals surface area contributed by atoms with Gasteiger partial charge in [0.2, 0.25) is 0 Å². The third-order valence-corrected chi connectivity index (χ3v) is 5.25. The van der Waals surface area contributed by atoms with Crippen LogP contribution >= 0.6 is 22.9 Å². The lowest BCUT2D eigenvalue weighted by atomic mass is 10.0. The van der Waals surface area contributed by atoms with Gasteiger partial charge in [-0.1, -0.05) is 11.6 Å². The van der Waals surface area contributed by atoms with E-state index in [1.807, 2.05) is 13.0 Å². The maximum atomic E-state index is 12.4. The Balaban J connectivity index is 1.95. The second kappa shape index (κ2) is 6.14. The van der Waals surface area contributed by atoms with Crippen LogP contribution in [0.15, 0.2) is 12.1 Å². The van der Waals surface area contributed by atoms with Crippen molar-refractivity contribution in [1.82, 2.24) is 9.80 Å². The highest BCUT2D eigenvalue weighted by molar-refractivity contribution is 7.18. The Labute approximate surface area is 130 Å². The fourth-order valence-electron chi connectivity index (χ4n) is 2.60. The molecule has 0 radical (unpaired) electrons. The fraction of sp³-hybridized carbons (Fsp3) is 0.667. The van der Waals surface area contributed by atoms with Gasteiger partial charge in [-0.3, -0.25) is 14.6 Å². The molecule has 1 aliphatic heterocycles. The number of ketones is 1. The number of nitrogens with zero attached hydrogens (tertiary/aromatic N) is 2. The summed E-state index contributed by atoms with van der Waals surface area (Å²) in [5.41, 5.74) is 0.209. The molecule has 1 aliphatic rings. The number of piperazine rings is 1. The normalized spacial score (nSPS) is 20.1. The summed E-state index contributed by atoms with van der Waals surface area (Å²) in [6, 6.07) is 3.56. The Hall–Kier alpha value is -0.420. The Morgan fingerprint density at radius 3 is 2.30 bits per heavy atom. The predicted molar refractivity (Wildman–Crippen MR) is 86.0 cm³/mol. The molecular weight excluding hydrogens is 292 g/mol. The largest absolute Gasteiger partial charge is 0.296 e. The molecule has 0 aliphatic carbocycles. The van der Waals surface area contributed by atoms with Crippen LogP contribution in [0.4, 0.5) is 0 Å². The van der Waals surface area contributed by atoms with Crippen molar-refractivity contribution in [3.8, 4) is 0 Å². The van der Waals surface area contributed by atoms with Crippen LogP contribution in [0.5, 0.6) is 0 Å². The third-order valence-electron chi connectivity index (χ3n) is 4.01. The maximum Gasteiger partial charge on any atom is 0.189 e. The first-order chi connectivity index (χ1) is 9.29. The van der Waals surface area contributed by atoms with Gasteiger partial charge in [-0.05, 0) is 39.8 Å². The van der Waals surface area contributed by atoms with Crippen molar-refractivity contribution in [2.45, 2.75) is 39.3 Å². The molecule has 3 nitrogen and oxygen atoms in total. The van der Waals surface area contributed by atoms with Gasteiger partial charge >= 0.3 is 0 Å². The maximum absolute atomic E-state index is 12.4. The van der Waals surface area contributed by atoms with E-state index in [-0.39, 0.29) is 17.4 Å². The minimum Gasteiger partial charge on any atom is -0.296 e. The quantitative estimate of drug-likeness (QED) is 0.799. The minimum absolute atomic E-state index is 0.0631. The van der Waals surface area contributed by atoms with Gasteiger partial charge in [0.25, 0.3) is 0 Å². The molecule has 5 heteroatoms. The summed E-state index contributed by atoms with van der Waals surface area (Å²) in [5, 5.41) is 0. The van der Waals surface area contributed by atoms with E-state index in [1.165, 1.54) is 11.3 Å². The van der Waals surface area contributed by atoms with Crippen LogP contribution in [-0.4, -0.2) is 53.3 Å². The van der Waals surface area contributed by atoms with Crippen molar-refractivity contribution >= 4 is 28.7 Å². The number of thiophene rings is 1. The third kappa shape index (κ3) is 3.61. The van der Waals surface area contributed by atoms with Crippen LogP contribution in [-0.2, 0) is 0 Å². The molecule has 0 aromatic carbocycles. The van der Waals surface area contributed by atoms with Gasteiger partial charge in [0.1, 0.15) is 0 Å². The summed E-state index contributed by atoms with van der Waals surface area (Å²) in [5.74, 6) is 0.186. The highest BCUT2D eigenvalue weighted by Crippen LogP contribution is 2.24. The zero-order chi connectivity index (χ0) is 14.9. The van der Waals surface area contributed by atoms with Crippen LogP contribution < -0.4 is 0 Å². The van der Waals surface area contributed by atoms with Gasteiger partial charge in [-0.2, -0.15) is 0 Å². The van der Waals surface area contributed by atoms with Crippen molar-refractivity contribution < 1.29 is 4.79 Å². The molecule has 1 atom stereocenters. The summed E-state index contributed by atoms with van der Waals surface area (Å²) in [6.07, 6.45) is 0. The summed E-state index contributed by atoms with van der Waals surface area (Å²) >= 11 is 7.28. The van der Waals surface area contributed by atoms with E-state index in [4.69, 9.17) is 11.6 Å². The second-order valence-electron chi connectivity index (χ2n) is 6.34. The molecule has 1 saturated heterocycles. The topological polar surface area (TPSA) is 23.6 Å². The van der Waals surface area contributed by atoms with Gasteiger partial charge in [0, 0.05) is 31.7 Å². The number of Topliss-reactive ketones (excluding diaryl/α,β-unsaturated/α-hetero) is 1. The lowest BCUT2D eigenvalue weighted by Gasteiger charge is -2.43. The molecule has 0 saturated carbocycles. The summed E-state index contributed by atoms with van der Waals surface area (Å²) in [4.78, 5) is 17.9. The number of halogens is 1. The molecule has 2 heterocycles. The molecule has 0 spiro atoms. The van der Waals surface area contributed by atoms with E-state index >= 15 is 0 Å².